The van der Waals surface area contributed by atoms with Gasteiger partial charge in [-0.25, -0.2) is 15.0 Å². The lowest BCUT2D eigenvalue weighted by atomic mass is 9.66. The number of nitrogens with zero attached hydrogens (tertiary/aromatic N) is 4. The van der Waals surface area contributed by atoms with Crippen LogP contribution < -0.4 is 4.74 Å². The molecule has 5 heteroatoms. The summed E-state index contributed by atoms with van der Waals surface area (Å²) in [7, 11) is 0. The molecular formula is C67H44N4O. The van der Waals surface area contributed by atoms with Crippen LogP contribution in [0.2, 0.25) is 0 Å². The SMILES string of the molecule is CC1(C)c2ccccc2-c2cc3c(cc21)c1cc(-c2ccc4c(c2)-c2cc(-c5nc(-c6ccccc6)nc(-c6ccccc6)n5)ccc2C42c4ccccc4Oc4ccccc42)ccc1n3-c1ccccc1. The summed E-state index contributed by atoms with van der Waals surface area (Å²) in [5, 5.41) is 2.48. The van der Waals surface area contributed by atoms with Crippen LogP contribution in [0.3, 0.4) is 0 Å². The van der Waals surface area contributed by atoms with Gasteiger partial charge in [-0.3, -0.25) is 0 Å². The van der Waals surface area contributed by atoms with Crippen LogP contribution in [0.25, 0.3) is 95.0 Å². The van der Waals surface area contributed by atoms with Crippen molar-refractivity contribution >= 4 is 21.8 Å². The highest BCUT2D eigenvalue weighted by atomic mass is 16.5. The fourth-order valence-corrected chi connectivity index (χ4v) is 12.4. The van der Waals surface area contributed by atoms with Gasteiger partial charge in [-0.2, -0.15) is 0 Å². The molecule has 2 aromatic heterocycles. The van der Waals surface area contributed by atoms with Crippen LogP contribution in [-0.2, 0) is 10.8 Å². The van der Waals surface area contributed by atoms with Crippen molar-refractivity contribution in [3.05, 3.63) is 264 Å². The zero-order valence-corrected chi connectivity index (χ0v) is 39.6. The van der Waals surface area contributed by atoms with E-state index in [4.69, 9.17) is 19.7 Å². The fraction of sp³-hybridized carbons (Fsp3) is 0.0597. The monoisotopic (exact) mass is 920 g/mol. The fourth-order valence-electron chi connectivity index (χ4n) is 12.4. The van der Waals surface area contributed by atoms with E-state index in [1.807, 2.05) is 36.4 Å². The van der Waals surface area contributed by atoms with Gasteiger partial charge in [0.25, 0.3) is 0 Å². The first-order valence-electron chi connectivity index (χ1n) is 24.8. The molecule has 0 unspecified atom stereocenters. The molecule has 0 saturated heterocycles. The highest BCUT2D eigenvalue weighted by Gasteiger charge is 2.51. The third kappa shape index (κ3) is 5.73. The van der Waals surface area contributed by atoms with Crippen molar-refractivity contribution in [2.45, 2.75) is 24.7 Å². The molecule has 0 amide bonds. The van der Waals surface area contributed by atoms with Gasteiger partial charge in [0.15, 0.2) is 17.5 Å². The third-order valence-electron chi connectivity index (χ3n) is 15.7. The van der Waals surface area contributed by atoms with Crippen molar-refractivity contribution in [2.24, 2.45) is 0 Å². The lowest BCUT2D eigenvalue weighted by molar-refractivity contribution is 0.436. The van der Waals surface area contributed by atoms with Crippen LogP contribution in [0, 0.1) is 0 Å². The summed E-state index contributed by atoms with van der Waals surface area (Å²) in [6.45, 7) is 4.73. The Morgan fingerprint density at radius 1 is 0.333 bits per heavy atom. The summed E-state index contributed by atoms with van der Waals surface area (Å²) in [5.74, 6) is 3.61. The Kier molecular flexibility index (Phi) is 8.56. The predicted octanol–water partition coefficient (Wildman–Crippen LogP) is 16.4. The molecule has 1 spiro atoms. The zero-order chi connectivity index (χ0) is 47.7. The first kappa shape index (κ1) is 40.7. The summed E-state index contributed by atoms with van der Waals surface area (Å²) >= 11 is 0. The van der Waals surface area contributed by atoms with Crippen molar-refractivity contribution < 1.29 is 4.74 Å². The van der Waals surface area contributed by atoms with E-state index in [2.05, 4.69) is 213 Å². The van der Waals surface area contributed by atoms with E-state index in [9.17, 15) is 0 Å². The van der Waals surface area contributed by atoms with E-state index in [1.165, 1.54) is 60.8 Å². The van der Waals surface area contributed by atoms with E-state index in [0.717, 1.165) is 61.7 Å². The largest absolute Gasteiger partial charge is 0.457 e. The maximum absolute atomic E-state index is 6.73. The summed E-state index contributed by atoms with van der Waals surface area (Å²) < 4.78 is 9.18. The van der Waals surface area contributed by atoms with E-state index >= 15 is 0 Å². The van der Waals surface area contributed by atoms with E-state index in [1.54, 1.807) is 0 Å². The second-order valence-electron chi connectivity index (χ2n) is 19.9. The molecule has 0 fully saturated rings. The van der Waals surface area contributed by atoms with Crippen molar-refractivity contribution in [3.63, 3.8) is 0 Å². The smallest absolute Gasteiger partial charge is 0.164 e. The number of ether oxygens (including phenoxy) is 1. The Morgan fingerprint density at radius 3 is 1.44 bits per heavy atom. The molecule has 338 valence electrons. The first-order valence-corrected chi connectivity index (χ1v) is 24.8. The zero-order valence-electron chi connectivity index (χ0n) is 39.6. The number of fused-ring (bicyclic) bond motifs is 15. The van der Waals surface area contributed by atoms with Crippen LogP contribution in [-0.4, -0.2) is 19.5 Å². The van der Waals surface area contributed by atoms with Gasteiger partial charge in [-0.05, 0) is 116 Å². The van der Waals surface area contributed by atoms with Gasteiger partial charge in [-0.15, -0.1) is 0 Å². The van der Waals surface area contributed by atoms with Crippen molar-refractivity contribution in [3.8, 4) is 84.7 Å². The molecular weight excluding hydrogens is 877 g/mol. The number of rotatable bonds is 5. The van der Waals surface area contributed by atoms with Gasteiger partial charge in [0.2, 0.25) is 0 Å². The Morgan fingerprint density at radius 2 is 0.806 bits per heavy atom. The standard InChI is InChI=1S/C67H44N4O/c1-66(2)53-25-13-12-24-47(53)50-40-60-52(39-58(50)66)51-37-44(32-35-59(51)71(60)46-22-10-5-11-23-46)43-30-33-54-48(36-43)49-38-45(65-69-63(41-18-6-3-7-19-41)68-64(70-65)42-20-8-4-9-21-42)31-34-55(49)67(54)56-26-14-16-28-61(56)72-62-29-17-15-27-57(62)67/h3-40H,1-2H3. The van der Waals surface area contributed by atoms with Gasteiger partial charge >= 0.3 is 0 Å². The molecule has 2 aliphatic carbocycles. The van der Waals surface area contributed by atoms with Crippen LogP contribution in [0.4, 0.5) is 0 Å². The molecule has 3 aliphatic rings. The summed E-state index contributed by atoms with van der Waals surface area (Å²) in [5.41, 5.74) is 20.2. The molecule has 0 bridgehead atoms. The Hall–Kier alpha value is -9.19. The van der Waals surface area contributed by atoms with Crippen molar-refractivity contribution in [2.75, 3.05) is 0 Å². The number of para-hydroxylation sites is 3. The quantitative estimate of drug-likeness (QED) is 0.173. The molecule has 0 atom stereocenters. The number of hydrogen-bond donors (Lipinski definition) is 0. The normalized spacial score (nSPS) is 14.0. The highest BCUT2D eigenvalue weighted by molar-refractivity contribution is 6.12. The van der Waals surface area contributed by atoms with Gasteiger partial charge in [0.1, 0.15) is 11.5 Å². The van der Waals surface area contributed by atoms with E-state index in [-0.39, 0.29) is 5.41 Å². The van der Waals surface area contributed by atoms with Crippen LogP contribution in [0.5, 0.6) is 11.5 Å². The Labute approximate surface area is 417 Å². The first-order chi connectivity index (χ1) is 35.4. The van der Waals surface area contributed by atoms with Gasteiger partial charge < -0.3 is 9.30 Å². The maximum atomic E-state index is 6.73. The lowest BCUT2D eigenvalue weighted by Crippen LogP contribution is -2.32. The number of aromatic nitrogens is 4. The third-order valence-corrected chi connectivity index (χ3v) is 15.7. The minimum atomic E-state index is -0.644. The molecule has 5 nitrogen and oxygen atoms in total. The summed E-state index contributed by atoms with van der Waals surface area (Å²) in [6, 6.07) is 83.1. The van der Waals surface area contributed by atoms with Crippen molar-refractivity contribution in [1.29, 1.82) is 0 Å². The van der Waals surface area contributed by atoms with Gasteiger partial charge in [0.05, 0.1) is 16.4 Å². The van der Waals surface area contributed by atoms with Crippen LogP contribution in [0.1, 0.15) is 47.2 Å². The second kappa shape index (κ2) is 15.2. The number of hydrogen-bond acceptors (Lipinski definition) is 4. The molecule has 3 heterocycles. The van der Waals surface area contributed by atoms with Gasteiger partial charge in [-0.1, -0.05) is 184 Å². The van der Waals surface area contributed by atoms with Gasteiger partial charge in [0, 0.05) is 49.7 Å². The minimum Gasteiger partial charge on any atom is -0.457 e. The topological polar surface area (TPSA) is 52.8 Å². The highest BCUT2D eigenvalue weighted by Crippen LogP contribution is 2.63. The molecule has 12 aromatic rings. The molecule has 10 aromatic carbocycles. The Bertz CT molecular complexity index is 4110. The maximum Gasteiger partial charge on any atom is 0.164 e. The molecule has 1 aliphatic heterocycles. The molecule has 0 saturated carbocycles. The number of benzene rings is 10. The van der Waals surface area contributed by atoms with E-state index < -0.39 is 5.41 Å². The molecule has 0 N–H and O–H groups in total. The average molecular weight is 921 g/mol. The Balaban J connectivity index is 0.964. The molecule has 15 rings (SSSR count). The van der Waals surface area contributed by atoms with Crippen molar-refractivity contribution in [1.82, 2.24) is 19.5 Å². The van der Waals surface area contributed by atoms with Crippen LogP contribution >= 0.6 is 0 Å². The minimum absolute atomic E-state index is 0.129. The lowest BCUT2D eigenvalue weighted by Gasteiger charge is -2.39. The second-order valence-corrected chi connectivity index (χ2v) is 19.9. The molecule has 72 heavy (non-hydrogen) atoms. The predicted molar refractivity (Wildman–Crippen MR) is 291 cm³/mol. The average Bonchev–Trinajstić information content (AvgIpc) is 4.01. The summed E-state index contributed by atoms with van der Waals surface area (Å²) in [6.07, 6.45) is 0. The molecule has 0 radical (unpaired) electrons. The summed E-state index contributed by atoms with van der Waals surface area (Å²) in [4.78, 5) is 15.4. The van der Waals surface area contributed by atoms with Crippen LogP contribution in [0.15, 0.2) is 231 Å². The van der Waals surface area contributed by atoms with E-state index in [0.29, 0.717) is 17.5 Å².